The van der Waals surface area contributed by atoms with Gasteiger partial charge in [-0.25, -0.2) is 4.98 Å². The van der Waals surface area contributed by atoms with Crippen LogP contribution in [-0.2, 0) is 6.54 Å². The minimum Gasteiger partial charge on any atom is -0.363 e. The van der Waals surface area contributed by atoms with Gasteiger partial charge in [-0.2, -0.15) is 0 Å². The molecule has 0 atom stereocenters. The number of amides is 3. The number of imide groups is 1. The lowest BCUT2D eigenvalue weighted by molar-refractivity contribution is 0.0549. The van der Waals surface area contributed by atoms with Crippen LogP contribution in [0.5, 0.6) is 0 Å². The highest BCUT2D eigenvalue weighted by Crippen LogP contribution is 2.31. The second-order valence-corrected chi connectivity index (χ2v) is 8.13. The number of fused-ring (bicyclic) bond motifs is 1. The lowest BCUT2D eigenvalue weighted by Gasteiger charge is -2.29. The van der Waals surface area contributed by atoms with Crippen LogP contribution in [0.25, 0.3) is 0 Å². The number of hydrogen-bond donors (Lipinski definition) is 1. The van der Waals surface area contributed by atoms with E-state index < -0.39 is 0 Å². The van der Waals surface area contributed by atoms with Gasteiger partial charge in [0.2, 0.25) is 0 Å². The fourth-order valence-electron chi connectivity index (χ4n) is 4.14. The fraction of sp³-hybridized carbons (Fsp3) is 0.391. The van der Waals surface area contributed by atoms with Gasteiger partial charge in [0.25, 0.3) is 17.7 Å². The van der Waals surface area contributed by atoms with Crippen molar-refractivity contribution in [3.63, 3.8) is 0 Å². The van der Waals surface area contributed by atoms with E-state index in [9.17, 15) is 14.4 Å². The molecule has 3 amide bonds. The Morgan fingerprint density at radius 1 is 1.07 bits per heavy atom. The van der Waals surface area contributed by atoms with Crippen LogP contribution in [0.1, 0.15) is 68.7 Å². The first kappa shape index (κ1) is 20.1. The van der Waals surface area contributed by atoms with E-state index in [1.54, 1.807) is 24.4 Å². The maximum absolute atomic E-state index is 12.9. The molecule has 4 rings (SSSR count). The number of hydrogen-bond acceptors (Lipinski definition) is 5. The van der Waals surface area contributed by atoms with Crippen LogP contribution in [0.2, 0.25) is 0 Å². The van der Waals surface area contributed by atoms with Crippen molar-refractivity contribution in [1.29, 1.82) is 0 Å². The molecule has 1 aliphatic heterocycles. The summed E-state index contributed by atoms with van der Waals surface area (Å²) in [5.41, 5.74) is 1.98. The minimum atomic E-state index is -0.286. The third-order valence-corrected chi connectivity index (χ3v) is 5.84. The fourth-order valence-corrected chi connectivity index (χ4v) is 4.14. The van der Waals surface area contributed by atoms with Gasteiger partial charge >= 0.3 is 0 Å². The number of benzene rings is 1. The average molecular weight is 406 g/mol. The van der Waals surface area contributed by atoms with Gasteiger partial charge in [0.1, 0.15) is 5.82 Å². The van der Waals surface area contributed by atoms with E-state index in [0.717, 1.165) is 43.5 Å². The molecule has 2 heterocycles. The topological polar surface area (TPSA) is 82.6 Å². The van der Waals surface area contributed by atoms with Gasteiger partial charge in [-0.05, 0) is 42.7 Å². The molecule has 1 aromatic carbocycles. The number of pyridine rings is 1. The minimum absolute atomic E-state index is 0.0268. The number of rotatable bonds is 5. The van der Waals surface area contributed by atoms with Crippen LogP contribution in [0.15, 0.2) is 36.5 Å². The highest BCUT2D eigenvalue weighted by atomic mass is 16.2. The van der Waals surface area contributed by atoms with Gasteiger partial charge in [0, 0.05) is 38.4 Å². The molecule has 1 aliphatic carbocycles. The van der Waals surface area contributed by atoms with Gasteiger partial charge in [0.05, 0.1) is 11.1 Å². The molecule has 1 saturated carbocycles. The van der Waals surface area contributed by atoms with E-state index in [4.69, 9.17) is 0 Å². The molecule has 7 heteroatoms. The first-order chi connectivity index (χ1) is 14.5. The molecule has 0 radical (unpaired) electrons. The zero-order chi connectivity index (χ0) is 21.3. The summed E-state index contributed by atoms with van der Waals surface area (Å²) in [5.74, 6) is 0.0428. The number of carbonyl (C=O) groups is 3. The molecule has 0 saturated heterocycles. The average Bonchev–Trinajstić information content (AvgIpc) is 3.02. The first-order valence-corrected chi connectivity index (χ1v) is 10.4. The van der Waals surface area contributed by atoms with E-state index in [-0.39, 0.29) is 23.8 Å². The molecular formula is C23H26N4O3. The summed E-state index contributed by atoms with van der Waals surface area (Å²) < 4.78 is 0. The molecule has 0 bridgehead atoms. The van der Waals surface area contributed by atoms with Gasteiger partial charge in [-0.1, -0.05) is 25.3 Å². The maximum atomic E-state index is 12.9. The van der Waals surface area contributed by atoms with Crippen LogP contribution in [-0.4, -0.2) is 47.7 Å². The van der Waals surface area contributed by atoms with E-state index in [1.165, 1.54) is 4.90 Å². The Morgan fingerprint density at radius 3 is 2.47 bits per heavy atom. The van der Waals surface area contributed by atoms with Gasteiger partial charge in [-0.3, -0.25) is 19.3 Å². The molecule has 1 fully saturated rings. The van der Waals surface area contributed by atoms with E-state index in [0.29, 0.717) is 23.2 Å². The van der Waals surface area contributed by atoms with Crippen molar-refractivity contribution in [3.8, 4) is 0 Å². The highest BCUT2D eigenvalue weighted by Gasteiger charge is 2.40. The third kappa shape index (κ3) is 3.79. The summed E-state index contributed by atoms with van der Waals surface area (Å²) in [6, 6.07) is 8.52. The predicted molar refractivity (Wildman–Crippen MR) is 114 cm³/mol. The second kappa shape index (κ2) is 8.26. The smallest absolute Gasteiger partial charge is 0.261 e. The molecule has 0 spiro atoms. The van der Waals surface area contributed by atoms with Crippen LogP contribution < -0.4 is 10.2 Å². The largest absolute Gasteiger partial charge is 0.363 e. The molecule has 30 heavy (non-hydrogen) atoms. The van der Waals surface area contributed by atoms with Crippen molar-refractivity contribution in [2.45, 2.75) is 44.7 Å². The van der Waals surface area contributed by atoms with Gasteiger partial charge in [-0.15, -0.1) is 0 Å². The van der Waals surface area contributed by atoms with E-state index >= 15 is 0 Å². The zero-order valence-corrected chi connectivity index (χ0v) is 17.4. The second-order valence-electron chi connectivity index (χ2n) is 8.13. The van der Waals surface area contributed by atoms with Crippen molar-refractivity contribution in [3.05, 3.63) is 58.8 Å². The number of nitrogens with zero attached hydrogens (tertiary/aromatic N) is 3. The lowest BCUT2D eigenvalue weighted by atomic mass is 9.94. The van der Waals surface area contributed by atoms with Crippen LogP contribution in [0.3, 0.4) is 0 Å². The Balaban J connectivity index is 1.45. The molecule has 1 aromatic heterocycles. The Hall–Kier alpha value is -3.22. The standard InChI is InChI=1S/C23H26N4O3/c1-26(2)20-11-8-15(13-24-20)14-25-21(28)16-9-10-18-19(12-16)23(30)27(22(18)29)17-6-4-3-5-7-17/h8-13,17H,3-7,14H2,1-2H3,(H,25,28). The molecular weight excluding hydrogens is 380 g/mol. The van der Waals surface area contributed by atoms with Crippen LogP contribution in [0.4, 0.5) is 5.82 Å². The van der Waals surface area contributed by atoms with Crippen LogP contribution in [0, 0.1) is 0 Å². The molecule has 1 N–H and O–H groups in total. The molecule has 2 aliphatic rings. The molecule has 2 aromatic rings. The van der Waals surface area contributed by atoms with Gasteiger partial charge in [0.15, 0.2) is 0 Å². The molecule has 0 unspecified atom stereocenters. The van der Waals surface area contributed by atoms with Crippen LogP contribution >= 0.6 is 0 Å². The monoisotopic (exact) mass is 406 g/mol. The number of anilines is 1. The Labute approximate surface area is 176 Å². The van der Waals surface area contributed by atoms with Gasteiger partial charge < -0.3 is 10.2 Å². The third-order valence-electron chi connectivity index (χ3n) is 5.84. The summed E-state index contributed by atoms with van der Waals surface area (Å²) in [6.07, 6.45) is 6.67. The number of nitrogens with one attached hydrogen (secondary N) is 1. The first-order valence-electron chi connectivity index (χ1n) is 10.4. The Morgan fingerprint density at radius 2 is 1.80 bits per heavy atom. The zero-order valence-electron chi connectivity index (χ0n) is 17.4. The predicted octanol–water partition coefficient (Wildman–Crippen LogP) is 3.01. The SMILES string of the molecule is CN(C)c1ccc(CNC(=O)c2ccc3c(c2)C(=O)N(C2CCCCC2)C3=O)cn1. The summed E-state index contributed by atoms with van der Waals surface area (Å²) in [5, 5.41) is 2.85. The van der Waals surface area contributed by atoms with Crippen molar-refractivity contribution in [2.75, 3.05) is 19.0 Å². The Kier molecular flexibility index (Phi) is 5.53. The van der Waals surface area contributed by atoms with Crippen molar-refractivity contribution in [1.82, 2.24) is 15.2 Å². The summed E-state index contributed by atoms with van der Waals surface area (Å²) in [6.45, 7) is 0.331. The normalized spacial score (nSPS) is 16.5. The highest BCUT2D eigenvalue weighted by molar-refractivity contribution is 6.22. The van der Waals surface area contributed by atoms with Crippen molar-refractivity contribution < 1.29 is 14.4 Å². The maximum Gasteiger partial charge on any atom is 0.261 e. The quantitative estimate of drug-likeness (QED) is 0.772. The lowest BCUT2D eigenvalue weighted by Crippen LogP contribution is -2.40. The summed E-state index contributed by atoms with van der Waals surface area (Å²) in [4.78, 5) is 45.9. The Bertz CT molecular complexity index is 978. The van der Waals surface area contributed by atoms with E-state index in [2.05, 4.69) is 10.3 Å². The van der Waals surface area contributed by atoms with Crippen molar-refractivity contribution in [2.24, 2.45) is 0 Å². The molecule has 156 valence electrons. The number of aromatic nitrogens is 1. The number of carbonyl (C=O) groups excluding carboxylic acids is 3. The van der Waals surface area contributed by atoms with E-state index in [1.807, 2.05) is 31.1 Å². The molecule has 7 nitrogen and oxygen atoms in total. The summed E-state index contributed by atoms with van der Waals surface area (Å²) >= 11 is 0. The summed E-state index contributed by atoms with van der Waals surface area (Å²) in [7, 11) is 3.83. The van der Waals surface area contributed by atoms with Crippen molar-refractivity contribution >= 4 is 23.5 Å².